The third-order valence-electron chi connectivity index (χ3n) is 7.28. The average Bonchev–Trinajstić information content (AvgIpc) is 3.07. The number of ether oxygens (including phenoxy) is 3. The molecule has 0 spiro atoms. The van der Waals surface area contributed by atoms with E-state index in [-0.39, 0.29) is 18.1 Å². The van der Waals surface area contributed by atoms with Crippen LogP contribution in [0.4, 0.5) is 0 Å². The summed E-state index contributed by atoms with van der Waals surface area (Å²) in [6, 6.07) is 29.3. The Morgan fingerprint density at radius 1 is 0.588 bits per heavy atom. The zero-order valence-electron chi connectivity index (χ0n) is 19.2. The summed E-state index contributed by atoms with van der Waals surface area (Å²) in [5, 5.41) is 0. The second-order valence-corrected chi connectivity index (χ2v) is 9.37. The fourth-order valence-corrected chi connectivity index (χ4v) is 5.46. The van der Waals surface area contributed by atoms with E-state index in [1.807, 2.05) is 91.0 Å². The largest absolute Gasteiger partial charge is 0.371 e. The van der Waals surface area contributed by atoms with Gasteiger partial charge in [-0.1, -0.05) is 91.0 Å². The number of benzene rings is 3. The van der Waals surface area contributed by atoms with Gasteiger partial charge in [-0.05, 0) is 16.7 Å². The van der Waals surface area contributed by atoms with Crippen LogP contribution in [0.2, 0.25) is 0 Å². The minimum Gasteiger partial charge on any atom is -0.371 e. The Morgan fingerprint density at radius 2 is 1.00 bits per heavy atom. The quantitative estimate of drug-likeness (QED) is 0.454. The Labute approximate surface area is 201 Å². The highest BCUT2D eigenvalue weighted by Crippen LogP contribution is 2.52. The smallest absolute Gasteiger partial charge is 0.0955 e. The molecule has 0 aliphatic heterocycles. The van der Waals surface area contributed by atoms with Crippen LogP contribution < -0.4 is 17.2 Å². The number of nitrogens with two attached hydrogens (primary N) is 3. The normalized spacial score (nSPS) is 32.2. The Balaban J connectivity index is 1.34. The highest BCUT2D eigenvalue weighted by atomic mass is 16.5. The van der Waals surface area contributed by atoms with Gasteiger partial charge in [-0.3, -0.25) is 0 Å². The zero-order chi connectivity index (χ0) is 23.5. The summed E-state index contributed by atoms with van der Waals surface area (Å²) < 4.78 is 19.0. The van der Waals surface area contributed by atoms with E-state index in [1.165, 1.54) is 0 Å². The molecule has 0 radical (unpaired) electrons. The van der Waals surface area contributed by atoms with E-state index in [4.69, 9.17) is 31.4 Å². The molecular formula is C28H33N3O3. The van der Waals surface area contributed by atoms with Gasteiger partial charge >= 0.3 is 0 Å². The van der Waals surface area contributed by atoms with Crippen molar-refractivity contribution in [2.24, 2.45) is 23.1 Å². The van der Waals surface area contributed by atoms with Gasteiger partial charge in [-0.25, -0.2) is 0 Å². The molecular weight excluding hydrogens is 426 g/mol. The lowest BCUT2D eigenvalue weighted by Gasteiger charge is -2.56. The molecule has 6 nitrogen and oxygen atoms in total. The first-order valence-electron chi connectivity index (χ1n) is 11.9. The lowest BCUT2D eigenvalue weighted by Crippen LogP contribution is -2.81. The first kappa shape index (κ1) is 23.2. The SMILES string of the molecule is NC1C(OCc2ccccc2)C2C(OCc3ccccc3)C(N)C2(N)C1OCc1ccccc1. The maximum atomic E-state index is 6.98. The minimum atomic E-state index is -0.823. The highest BCUT2D eigenvalue weighted by Gasteiger charge is 2.73. The molecule has 0 amide bonds. The van der Waals surface area contributed by atoms with E-state index >= 15 is 0 Å². The van der Waals surface area contributed by atoms with Crippen LogP contribution in [0, 0.1) is 5.92 Å². The van der Waals surface area contributed by atoms with Gasteiger partial charge < -0.3 is 31.4 Å². The predicted molar refractivity (Wildman–Crippen MR) is 131 cm³/mol. The number of fused-ring (bicyclic) bond motifs is 1. The average molecular weight is 460 g/mol. The highest BCUT2D eigenvalue weighted by molar-refractivity contribution is 5.31. The lowest BCUT2D eigenvalue weighted by atomic mass is 9.61. The Hall–Kier alpha value is -2.58. The zero-order valence-corrected chi connectivity index (χ0v) is 19.2. The predicted octanol–water partition coefficient (Wildman–Crippen LogP) is 2.74. The van der Waals surface area contributed by atoms with Gasteiger partial charge in [0, 0.05) is 5.92 Å². The van der Waals surface area contributed by atoms with Crippen molar-refractivity contribution in [1.29, 1.82) is 0 Å². The molecule has 2 saturated carbocycles. The standard InChI is InChI=1S/C28H33N3O3/c29-23-24(32-16-19-10-4-1-5-11-19)22-25(33-17-20-12-6-2-7-13-20)26(30)28(22,31)27(23)34-18-21-14-8-3-9-15-21/h1-15,22-27H,16-18,29-31H2. The van der Waals surface area contributed by atoms with Crippen molar-refractivity contribution in [3.05, 3.63) is 108 Å². The molecule has 5 rings (SSSR count). The lowest BCUT2D eigenvalue weighted by molar-refractivity contribution is -0.170. The molecule has 3 aromatic rings. The van der Waals surface area contributed by atoms with E-state index in [0.717, 1.165) is 16.7 Å². The van der Waals surface area contributed by atoms with Gasteiger partial charge in [0.1, 0.15) is 0 Å². The van der Waals surface area contributed by atoms with Gasteiger partial charge in [-0.2, -0.15) is 0 Å². The van der Waals surface area contributed by atoms with Crippen LogP contribution in [-0.2, 0) is 34.0 Å². The van der Waals surface area contributed by atoms with Crippen molar-refractivity contribution in [2.45, 2.75) is 55.8 Å². The van der Waals surface area contributed by atoms with Gasteiger partial charge in [0.05, 0.1) is 55.8 Å². The number of hydrogen-bond acceptors (Lipinski definition) is 6. The third kappa shape index (κ3) is 4.29. The fourth-order valence-electron chi connectivity index (χ4n) is 5.46. The number of hydrogen-bond donors (Lipinski definition) is 3. The maximum absolute atomic E-state index is 6.98. The van der Waals surface area contributed by atoms with Crippen LogP contribution in [0.3, 0.4) is 0 Å². The Morgan fingerprint density at radius 3 is 1.47 bits per heavy atom. The summed E-state index contributed by atoms with van der Waals surface area (Å²) in [6.45, 7) is 1.32. The Bertz CT molecular complexity index is 1050. The molecule has 7 atom stereocenters. The number of rotatable bonds is 9. The molecule has 0 heterocycles. The van der Waals surface area contributed by atoms with E-state index in [9.17, 15) is 0 Å². The summed E-state index contributed by atoms with van der Waals surface area (Å²) in [6.07, 6.45) is -1.03. The second kappa shape index (κ2) is 9.96. The molecule has 3 aromatic carbocycles. The first-order chi connectivity index (χ1) is 16.6. The molecule has 2 aliphatic carbocycles. The Kier molecular flexibility index (Phi) is 6.79. The molecule has 0 bridgehead atoms. The second-order valence-electron chi connectivity index (χ2n) is 9.37. The van der Waals surface area contributed by atoms with Crippen molar-refractivity contribution >= 4 is 0 Å². The van der Waals surface area contributed by atoms with Crippen LogP contribution in [0.25, 0.3) is 0 Å². The monoisotopic (exact) mass is 459 g/mol. The third-order valence-corrected chi connectivity index (χ3v) is 7.28. The molecule has 2 fully saturated rings. The van der Waals surface area contributed by atoms with Crippen LogP contribution in [0.15, 0.2) is 91.0 Å². The summed E-state index contributed by atoms with van der Waals surface area (Å²) in [5.41, 5.74) is 22.8. The summed E-state index contributed by atoms with van der Waals surface area (Å²) in [7, 11) is 0. The van der Waals surface area contributed by atoms with Crippen LogP contribution in [0.1, 0.15) is 16.7 Å². The van der Waals surface area contributed by atoms with Gasteiger partial charge in [0.15, 0.2) is 0 Å². The van der Waals surface area contributed by atoms with Gasteiger partial charge in [0.25, 0.3) is 0 Å². The topological polar surface area (TPSA) is 106 Å². The van der Waals surface area contributed by atoms with Crippen molar-refractivity contribution in [3.8, 4) is 0 Å². The summed E-state index contributed by atoms with van der Waals surface area (Å²) >= 11 is 0. The van der Waals surface area contributed by atoms with Crippen molar-refractivity contribution in [2.75, 3.05) is 0 Å². The van der Waals surface area contributed by atoms with Crippen LogP contribution in [-0.4, -0.2) is 35.9 Å². The van der Waals surface area contributed by atoms with Crippen LogP contribution in [0.5, 0.6) is 0 Å². The molecule has 178 valence electrons. The first-order valence-corrected chi connectivity index (χ1v) is 11.9. The molecule has 2 aliphatic rings. The van der Waals surface area contributed by atoms with Crippen LogP contribution >= 0.6 is 0 Å². The minimum absolute atomic E-state index is 0.161. The van der Waals surface area contributed by atoms with Crippen molar-refractivity contribution < 1.29 is 14.2 Å². The maximum Gasteiger partial charge on any atom is 0.0955 e. The molecule has 7 unspecified atom stereocenters. The molecule has 6 N–H and O–H groups in total. The van der Waals surface area contributed by atoms with Gasteiger partial charge in [0.2, 0.25) is 0 Å². The fraction of sp³-hybridized carbons (Fsp3) is 0.357. The molecule has 0 aromatic heterocycles. The summed E-state index contributed by atoms with van der Waals surface area (Å²) in [5.74, 6) is -0.161. The van der Waals surface area contributed by atoms with Gasteiger partial charge in [-0.15, -0.1) is 0 Å². The molecule has 34 heavy (non-hydrogen) atoms. The van der Waals surface area contributed by atoms with E-state index in [1.54, 1.807) is 0 Å². The van der Waals surface area contributed by atoms with E-state index in [2.05, 4.69) is 0 Å². The molecule has 0 saturated heterocycles. The molecule has 6 heteroatoms. The van der Waals surface area contributed by atoms with E-state index in [0.29, 0.717) is 19.8 Å². The summed E-state index contributed by atoms with van der Waals surface area (Å²) in [4.78, 5) is 0. The van der Waals surface area contributed by atoms with Crippen molar-refractivity contribution in [3.63, 3.8) is 0 Å². The van der Waals surface area contributed by atoms with E-state index < -0.39 is 23.7 Å². The van der Waals surface area contributed by atoms with Crippen molar-refractivity contribution in [1.82, 2.24) is 0 Å².